The summed E-state index contributed by atoms with van der Waals surface area (Å²) in [7, 11) is -2.24. The first-order valence-corrected chi connectivity index (χ1v) is 10.9. The Morgan fingerprint density at radius 2 is 1.83 bits per heavy atom. The van der Waals surface area contributed by atoms with Gasteiger partial charge in [-0.05, 0) is 48.7 Å². The van der Waals surface area contributed by atoms with Gasteiger partial charge in [0.1, 0.15) is 5.82 Å². The molecule has 0 spiro atoms. The number of aromatic nitrogens is 1. The summed E-state index contributed by atoms with van der Waals surface area (Å²) in [5.74, 6) is -0.668. The van der Waals surface area contributed by atoms with Gasteiger partial charge in [0.05, 0.1) is 10.9 Å². The summed E-state index contributed by atoms with van der Waals surface area (Å²) >= 11 is 0. The molecule has 1 amide bonds. The topological polar surface area (TPSA) is 79.8 Å². The first-order valence-electron chi connectivity index (χ1n) is 9.44. The number of nitrogens with zero attached hydrogens (tertiary/aromatic N) is 3. The summed E-state index contributed by atoms with van der Waals surface area (Å²) in [6.45, 7) is 0.544. The molecule has 0 bridgehead atoms. The van der Waals surface area contributed by atoms with Crippen LogP contribution < -0.4 is 0 Å². The third-order valence-corrected chi connectivity index (χ3v) is 7.53. The van der Waals surface area contributed by atoms with Gasteiger partial charge in [0.25, 0.3) is 5.91 Å². The zero-order valence-electron chi connectivity index (χ0n) is 15.9. The quantitative estimate of drug-likeness (QED) is 0.693. The van der Waals surface area contributed by atoms with Crippen LogP contribution >= 0.6 is 0 Å². The van der Waals surface area contributed by atoms with Gasteiger partial charge < -0.3 is 9.64 Å². The summed E-state index contributed by atoms with van der Waals surface area (Å²) < 4.78 is 45.8. The maximum atomic E-state index is 13.5. The van der Waals surface area contributed by atoms with Gasteiger partial charge in [0.2, 0.25) is 10.0 Å². The molecule has 0 unspecified atom stereocenters. The Hall–Kier alpha value is -2.36. The number of halogens is 1. The third kappa shape index (κ3) is 3.54. The van der Waals surface area contributed by atoms with E-state index < -0.39 is 21.9 Å². The molecule has 154 valence electrons. The number of rotatable bonds is 5. The van der Waals surface area contributed by atoms with Crippen LogP contribution in [0.3, 0.4) is 0 Å². The standard InChI is InChI=1S/C20H22FN3O4S/c1-28-19-18(14-5-9-22-10-6-14)24(20(19)25)16-7-11-23(12-8-16)29(26,27)17-4-2-3-15(21)13-17/h2-6,9-10,13,16,18-19H,7-8,11-12H2,1H3/t18-,19+/m0/s1. The molecular weight excluding hydrogens is 397 g/mol. The van der Waals surface area contributed by atoms with Crippen molar-refractivity contribution < 1.29 is 22.3 Å². The van der Waals surface area contributed by atoms with Crippen LogP contribution in [0.1, 0.15) is 24.4 Å². The molecule has 9 heteroatoms. The summed E-state index contributed by atoms with van der Waals surface area (Å²) in [4.78, 5) is 18.4. The van der Waals surface area contributed by atoms with E-state index in [9.17, 15) is 17.6 Å². The molecule has 0 aliphatic carbocycles. The Kier molecular flexibility index (Phi) is 5.37. The zero-order chi connectivity index (χ0) is 20.6. The van der Waals surface area contributed by atoms with Crippen LogP contribution in [-0.4, -0.2) is 60.9 Å². The molecule has 2 aromatic rings. The van der Waals surface area contributed by atoms with Crippen molar-refractivity contribution in [3.05, 3.63) is 60.2 Å². The van der Waals surface area contributed by atoms with Crippen molar-refractivity contribution in [2.45, 2.75) is 35.9 Å². The van der Waals surface area contributed by atoms with Gasteiger partial charge in [-0.15, -0.1) is 0 Å². The molecule has 0 radical (unpaired) electrons. The fourth-order valence-electron chi connectivity index (χ4n) is 4.15. The molecule has 29 heavy (non-hydrogen) atoms. The van der Waals surface area contributed by atoms with Crippen LogP contribution in [0.25, 0.3) is 0 Å². The number of carbonyl (C=O) groups is 1. The molecule has 0 N–H and O–H groups in total. The van der Waals surface area contributed by atoms with E-state index in [0.717, 1.165) is 11.6 Å². The van der Waals surface area contributed by atoms with Crippen LogP contribution in [0.2, 0.25) is 0 Å². The SMILES string of the molecule is CO[C@H]1C(=O)N(C2CCN(S(=O)(=O)c3cccc(F)c3)CC2)[C@H]1c1ccncc1. The number of sulfonamides is 1. The number of β-lactam (4-membered cyclic amide) rings is 1. The molecule has 1 aromatic carbocycles. The van der Waals surface area contributed by atoms with E-state index in [2.05, 4.69) is 4.98 Å². The maximum Gasteiger partial charge on any atom is 0.255 e. The smallest absolute Gasteiger partial charge is 0.255 e. The summed E-state index contributed by atoms with van der Waals surface area (Å²) in [6.07, 6.45) is 3.84. The highest BCUT2D eigenvalue weighted by atomic mass is 32.2. The summed E-state index contributed by atoms with van der Waals surface area (Å²) in [6, 6.07) is 8.47. The third-order valence-electron chi connectivity index (χ3n) is 5.64. The molecule has 2 saturated heterocycles. The Morgan fingerprint density at radius 1 is 1.14 bits per heavy atom. The number of carbonyl (C=O) groups excluding carboxylic acids is 1. The van der Waals surface area contributed by atoms with Crippen LogP contribution in [-0.2, 0) is 19.6 Å². The van der Waals surface area contributed by atoms with Crippen LogP contribution in [0.5, 0.6) is 0 Å². The summed E-state index contributed by atoms with van der Waals surface area (Å²) in [5.41, 5.74) is 0.946. The second kappa shape index (κ2) is 7.81. The first kappa shape index (κ1) is 19.9. The Labute approximate surface area is 169 Å². The average molecular weight is 419 g/mol. The van der Waals surface area contributed by atoms with Crippen molar-refractivity contribution in [2.24, 2.45) is 0 Å². The number of piperidine rings is 1. The van der Waals surface area contributed by atoms with E-state index in [0.29, 0.717) is 12.8 Å². The van der Waals surface area contributed by atoms with Crippen LogP contribution in [0, 0.1) is 5.82 Å². The van der Waals surface area contributed by atoms with Crippen molar-refractivity contribution in [1.29, 1.82) is 0 Å². The second-order valence-corrected chi connectivity index (χ2v) is 9.16. The highest BCUT2D eigenvalue weighted by Gasteiger charge is 2.52. The Balaban J connectivity index is 1.48. The molecule has 4 rings (SSSR count). The Bertz CT molecular complexity index is 994. The minimum atomic E-state index is -3.76. The minimum Gasteiger partial charge on any atom is -0.369 e. The number of pyridine rings is 1. The van der Waals surface area contributed by atoms with E-state index >= 15 is 0 Å². The molecular formula is C20H22FN3O4S. The highest BCUT2D eigenvalue weighted by molar-refractivity contribution is 7.89. The number of ether oxygens (including phenoxy) is 1. The molecule has 2 aliphatic heterocycles. The van der Waals surface area contributed by atoms with Crippen molar-refractivity contribution in [2.75, 3.05) is 20.2 Å². The number of hydrogen-bond acceptors (Lipinski definition) is 5. The lowest BCUT2D eigenvalue weighted by Gasteiger charge is -2.52. The first-order chi connectivity index (χ1) is 13.9. The molecule has 2 fully saturated rings. The largest absolute Gasteiger partial charge is 0.369 e. The number of benzene rings is 1. The lowest BCUT2D eigenvalue weighted by atomic mass is 9.87. The maximum absolute atomic E-state index is 13.5. The average Bonchev–Trinajstić information content (AvgIpc) is 2.73. The molecule has 7 nitrogen and oxygen atoms in total. The molecule has 3 heterocycles. The molecule has 2 atom stereocenters. The number of methoxy groups -OCH3 is 1. The van der Waals surface area contributed by atoms with Gasteiger partial charge in [0, 0.05) is 38.6 Å². The van der Waals surface area contributed by atoms with Gasteiger partial charge >= 0.3 is 0 Å². The molecule has 1 aromatic heterocycles. The monoisotopic (exact) mass is 419 g/mol. The lowest BCUT2D eigenvalue weighted by molar-refractivity contribution is -0.178. The van der Waals surface area contributed by atoms with E-state index in [4.69, 9.17) is 4.74 Å². The zero-order valence-corrected chi connectivity index (χ0v) is 16.8. The predicted octanol–water partition coefficient (Wildman–Crippen LogP) is 1.97. The van der Waals surface area contributed by atoms with E-state index in [1.54, 1.807) is 17.3 Å². The van der Waals surface area contributed by atoms with Gasteiger partial charge in [0.15, 0.2) is 6.10 Å². The van der Waals surface area contributed by atoms with Crippen molar-refractivity contribution in [3.8, 4) is 0 Å². The molecule has 2 aliphatic rings. The number of likely N-dealkylation sites (tertiary alicyclic amines) is 1. The Morgan fingerprint density at radius 3 is 2.45 bits per heavy atom. The minimum absolute atomic E-state index is 0.0508. The predicted molar refractivity (Wildman–Crippen MR) is 103 cm³/mol. The second-order valence-electron chi connectivity index (χ2n) is 7.22. The van der Waals surface area contributed by atoms with E-state index in [-0.39, 0.29) is 36.0 Å². The normalized spacial score (nSPS) is 23.8. The molecule has 0 saturated carbocycles. The van der Waals surface area contributed by atoms with Crippen molar-refractivity contribution in [1.82, 2.24) is 14.2 Å². The van der Waals surface area contributed by atoms with Gasteiger partial charge in [-0.3, -0.25) is 9.78 Å². The van der Waals surface area contributed by atoms with Gasteiger partial charge in [-0.2, -0.15) is 4.31 Å². The fourth-order valence-corrected chi connectivity index (χ4v) is 5.65. The van der Waals surface area contributed by atoms with Gasteiger partial charge in [-0.25, -0.2) is 12.8 Å². The van der Waals surface area contributed by atoms with Crippen molar-refractivity contribution >= 4 is 15.9 Å². The number of hydrogen-bond donors (Lipinski definition) is 0. The van der Waals surface area contributed by atoms with E-state index in [1.165, 1.54) is 29.6 Å². The lowest BCUT2D eigenvalue weighted by Crippen LogP contribution is -2.64. The van der Waals surface area contributed by atoms with Crippen molar-refractivity contribution in [3.63, 3.8) is 0 Å². The fraction of sp³-hybridized carbons (Fsp3) is 0.400. The van der Waals surface area contributed by atoms with Gasteiger partial charge in [-0.1, -0.05) is 6.07 Å². The van der Waals surface area contributed by atoms with Crippen LogP contribution in [0.4, 0.5) is 4.39 Å². The number of amides is 1. The van der Waals surface area contributed by atoms with E-state index in [1.807, 2.05) is 12.1 Å². The summed E-state index contributed by atoms with van der Waals surface area (Å²) in [5, 5.41) is 0. The van der Waals surface area contributed by atoms with Crippen LogP contribution in [0.15, 0.2) is 53.7 Å². The highest BCUT2D eigenvalue weighted by Crippen LogP contribution is 2.40.